The fraction of sp³-hybridized carbons (Fsp3) is 0.750. The molecule has 1 unspecified atom stereocenters. The van der Waals surface area contributed by atoms with Crippen LogP contribution in [0.2, 0.25) is 0 Å². The number of halogens is 1. The van der Waals surface area contributed by atoms with Crippen molar-refractivity contribution < 1.29 is 0 Å². The van der Waals surface area contributed by atoms with Gasteiger partial charge in [0, 0.05) is 9.75 Å². The molecule has 0 N–H and O–H groups in total. The fourth-order valence-electron chi connectivity index (χ4n) is 2.40. The van der Waals surface area contributed by atoms with Crippen molar-refractivity contribution in [2.45, 2.75) is 77.5 Å². The summed E-state index contributed by atoms with van der Waals surface area (Å²) in [6, 6.07) is 2.26. The van der Waals surface area contributed by atoms with E-state index in [-0.39, 0.29) is 5.38 Å². The van der Waals surface area contributed by atoms with Gasteiger partial charge in [0.1, 0.15) is 0 Å². The molecule has 0 fully saturated rings. The lowest BCUT2D eigenvalue weighted by molar-refractivity contribution is 0.572. The molecule has 18 heavy (non-hydrogen) atoms. The predicted molar refractivity (Wildman–Crippen MR) is 85.0 cm³/mol. The molecule has 0 amide bonds. The zero-order valence-electron chi connectivity index (χ0n) is 12.1. The van der Waals surface area contributed by atoms with Gasteiger partial charge >= 0.3 is 0 Å². The molecular weight excluding hydrogens is 260 g/mol. The number of hydrogen-bond donors (Lipinski definition) is 0. The van der Waals surface area contributed by atoms with Gasteiger partial charge in [0.25, 0.3) is 0 Å². The highest BCUT2D eigenvalue weighted by atomic mass is 35.5. The normalized spacial score (nSPS) is 12.9. The highest BCUT2D eigenvalue weighted by Gasteiger charge is 2.12. The molecule has 0 spiro atoms. The molecule has 0 aliphatic carbocycles. The highest BCUT2D eigenvalue weighted by molar-refractivity contribution is 7.12. The maximum atomic E-state index is 6.49. The molecule has 1 aromatic rings. The Labute approximate surface area is 122 Å². The van der Waals surface area contributed by atoms with Gasteiger partial charge in [-0.25, -0.2) is 0 Å². The smallest absolute Gasteiger partial charge is 0.0596 e. The van der Waals surface area contributed by atoms with Crippen LogP contribution in [-0.4, -0.2) is 0 Å². The van der Waals surface area contributed by atoms with Gasteiger partial charge in [-0.15, -0.1) is 22.9 Å². The van der Waals surface area contributed by atoms with Crippen molar-refractivity contribution in [1.82, 2.24) is 0 Å². The standard InChI is InChI=1S/C16H27ClS/c1-4-5-6-7-8-9-10-11-16(17)15-12-13(2)18-14(15)3/h12,16H,4-11H2,1-3H3. The third kappa shape index (κ3) is 5.75. The molecule has 0 nitrogen and oxygen atoms in total. The van der Waals surface area contributed by atoms with Gasteiger partial charge in [-0.2, -0.15) is 0 Å². The molecule has 104 valence electrons. The average molecular weight is 287 g/mol. The fourth-order valence-corrected chi connectivity index (χ4v) is 3.83. The van der Waals surface area contributed by atoms with Crippen LogP contribution < -0.4 is 0 Å². The quantitative estimate of drug-likeness (QED) is 0.346. The topological polar surface area (TPSA) is 0 Å². The highest BCUT2D eigenvalue weighted by Crippen LogP contribution is 2.33. The molecule has 1 atom stereocenters. The van der Waals surface area contributed by atoms with Gasteiger partial charge in [0.2, 0.25) is 0 Å². The number of alkyl halides is 1. The number of thiophene rings is 1. The summed E-state index contributed by atoms with van der Waals surface area (Å²) in [5, 5.41) is 0.227. The molecule has 0 aliphatic heterocycles. The van der Waals surface area contributed by atoms with Crippen molar-refractivity contribution in [1.29, 1.82) is 0 Å². The number of hydrogen-bond acceptors (Lipinski definition) is 1. The van der Waals surface area contributed by atoms with Gasteiger partial charge < -0.3 is 0 Å². The third-order valence-electron chi connectivity index (χ3n) is 3.48. The molecule has 2 heteroatoms. The first-order valence-electron chi connectivity index (χ1n) is 7.36. The van der Waals surface area contributed by atoms with Crippen LogP contribution in [-0.2, 0) is 0 Å². The molecule has 0 bridgehead atoms. The lowest BCUT2D eigenvalue weighted by Crippen LogP contribution is -1.91. The Kier molecular flexibility index (Phi) is 8.01. The van der Waals surface area contributed by atoms with E-state index in [9.17, 15) is 0 Å². The molecule has 0 aromatic carbocycles. The Morgan fingerprint density at radius 1 is 1.06 bits per heavy atom. The monoisotopic (exact) mass is 286 g/mol. The van der Waals surface area contributed by atoms with Crippen LogP contribution in [0.3, 0.4) is 0 Å². The molecular formula is C16H27ClS. The summed E-state index contributed by atoms with van der Waals surface area (Å²) in [6.45, 7) is 6.62. The summed E-state index contributed by atoms with van der Waals surface area (Å²) >= 11 is 8.36. The predicted octanol–water partition coefficient (Wildman–Crippen LogP) is 6.79. The molecule has 1 heterocycles. The van der Waals surface area contributed by atoms with E-state index in [4.69, 9.17) is 11.6 Å². The Hall–Kier alpha value is -0.0100. The first-order chi connectivity index (χ1) is 8.65. The second-order valence-corrected chi connectivity index (χ2v) is 7.23. The van der Waals surface area contributed by atoms with Gasteiger partial charge in [-0.05, 0) is 31.9 Å². The Morgan fingerprint density at radius 2 is 1.67 bits per heavy atom. The third-order valence-corrected chi connectivity index (χ3v) is 4.91. The maximum absolute atomic E-state index is 6.49. The van der Waals surface area contributed by atoms with Gasteiger partial charge in [0.05, 0.1) is 5.38 Å². The first-order valence-corrected chi connectivity index (χ1v) is 8.61. The van der Waals surface area contributed by atoms with Crippen LogP contribution in [0.25, 0.3) is 0 Å². The number of aryl methyl sites for hydroxylation is 2. The zero-order valence-corrected chi connectivity index (χ0v) is 13.7. The molecule has 0 radical (unpaired) electrons. The zero-order chi connectivity index (χ0) is 13.4. The van der Waals surface area contributed by atoms with E-state index in [1.54, 1.807) is 0 Å². The lowest BCUT2D eigenvalue weighted by atomic mass is 10.0. The summed E-state index contributed by atoms with van der Waals surface area (Å²) < 4.78 is 0. The van der Waals surface area contributed by atoms with E-state index in [2.05, 4.69) is 26.8 Å². The first kappa shape index (κ1) is 16.0. The largest absolute Gasteiger partial charge is 0.146 e. The van der Waals surface area contributed by atoms with Crippen LogP contribution in [0.1, 0.15) is 79.0 Å². The Morgan fingerprint density at radius 3 is 2.22 bits per heavy atom. The SMILES string of the molecule is CCCCCCCCCC(Cl)c1cc(C)sc1C. The second-order valence-electron chi connectivity index (χ2n) is 5.25. The Balaban J connectivity index is 2.14. The summed E-state index contributed by atoms with van der Waals surface area (Å²) in [6.07, 6.45) is 10.7. The van der Waals surface area contributed by atoms with E-state index in [1.165, 1.54) is 60.3 Å². The van der Waals surface area contributed by atoms with Crippen molar-refractivity contribution in [3.05, 3.63) is 21.4 Å². The minimum absolute atomic E-state index is 0.227. The van der Waals surface area contributed by atoms with E-state index in [0.29, 0.717) is 0 Å². The number of unbranched alkanes of at least 4 members (excludes halogenated alkanes) is 6. The molecule has 0 saturated carbocycles. The summed E-state index contributed by atoms with van der Waals surface area (Å²) in [4.78, 5) is 2.78. The summed E-state index contributed by atoms with van der Waals surface area (Å²) in [7, 11) is 0. The molecule has 0 aliphatic rings. The van der Waals surface area contributed by atoms with Crippen LogP contribution >= 0.6 is 22.9 Å². The van der Waals surface area contributed by atoms with Gasteiger partial charge in [-0.1, -0.05) is 51.9 Å². The molecule has 1 rings (SSSR count). The van der Waals surface area contributed by atoms with E-state index in [1.807, 2.05) is 11.3 Å². The van der Waals surface area contributed by atoms with Crippen LogP contribution in [0, 0.1) is 13.8 Å². The van der Waals surface area contributed by atoms with Crippen molar-refractivity contribution in [3.63, 3.8) is 0 Å². The minimum atomic E-state index is 0.227. The van der Waals surface area contributed by atoms with E-state index < -0.39 is 0 Å². The van der Waals surface area contributed by atoms with Crippen LogP contribution in [0.4, 0.5) is 0 Å². The van der Waals surface area contributed by atoms with Crippen LogP contribution in [0.5, 0.6) is 0 Å². The van der Waals surface area contributed by atoms with Gasteiger partial charge in [0.15, 0.2) is 0 Å². The minimum Gasteiger partial charge on any atom is -0.146 e. The maximum Gasteiger partial charge on any atom is 0.0596 e. The second kappa shape index (κ2) is 8.98. The van der Waals surface area contributed by atoms with Crippen LogP contribution in [0.15, 0.2) is 6.07 Å². The van der Waals surface area contributed by atoms with Crippen molar-refractivity contribution in [2.24, 2.45) is 0 Å². The van der Waals surface area contributed by atoms with E-state index >= 15 is 0 Å². The lowest BCUT2D eigenvalue weighted by Gasteiger charge is -2.09. The van der Waals surface area contributed by atoms with Crippen molar-refractivity contribution in [2.75, 3.05) is 0 Å². The van der Waals surface area contributed by atoms with E-state index in [0.717, 1.165) is 6.42 Å². The Bertz CT molecular complexity index is 330. The summed E-state index contributed by atoms with van der Waals surface area (Å²) in [5.74, 6) is 0. The average Bonchev–Trinajstić information content (AvgIpc) is 2.67. The van der Waals surface area contributed by atoms with Gasteiger partial charge in [-0.3, -0.25) is 0 Å². The summed E-state index contributed by atoms with van der Waals surface area (Å²) in [5.41, 5.74) is 1.37. The van der Waals surface area contributed by atoms with Crippen molar-refractivity contribution in [3.8, 4) is 0 Å². The number of rotatable bonds is 9. The molecule has 0 saturated heterocycles. The molecule has 1 aromatic heterocycles. The van der Waals surface area contributed by atoms with Crippen molar-refractivity contribution >= 4 is 22.9 Å².